The zero-order valence-corrected chi connectivity index (χ0v) is 20.9. The molecule has 0 spiro atoms. The SMILES string of the molecule is CCOP(=O)(CC(=CC(NC=O)C(=O)OC)CCCCN(C=O)OCc1ccccc1)OCC. The standard InChI is InChI=1S/C23H35N2O8P/c1-4-32-34(29,33-5-2)17-21(15-22(24-18-26)23(28)30-3)13-9-10-14-25(19-27)31-16-20-11-7-6-8-12-20/h6-8,11-12,15,18-19,22H,4-5,9-10,13-14,16-17H2,1-3H3,(H,24,26). The van der Waals surface area contributed by atoms with E-state index in [4.69, 9.17) is 18.6 Å². The lowest BCUT2D eigenvalue weighted by molar-refractivity contribution is -0.177. The van der Waals surface area contributed by atoms with E-state index in [-0.39, 0.29) is 26.0 Å². The van der Waals surface area contributed by atoms with Crippen LogP contribution in [0.15, 0.2) is 42.0 Å². The highest BCUT2D eigenvalue weighted by Gasteiger charge is 2.27. The number of unbranched alkanes of at least 4 members (excludes halogenated alkanes) is 1. The Kier molecular flexibility index (Phi) is 14.8. The van der Waals surface area contributed by atoms with Gasteiger partial charge in [0, 0.05) is 6.54 Å². The van der Waals surface area contributed by atoms with E-state index < -0.39 is 19.6 Å². The van der Waals surface area contributed by atoms with Gasteiger partial charge in [-0.2, -0.15) is 0 Å². The third-order valence-corrected chi connectivity index (χ3v) is 6.73. The second-order valence-corrected chi connectivity index (χ2v) is 9.23. The van der Waals surface area contributed by atoms with Gasteiger partial charge in [0.05, 0.1) is 26.5 Å². The lowest BCUT2D eigenvalue weighted by Crippen LogP contribution is -2.35. The van der Waals surface area contributed by atoms with Gasteiger partial charge in [0.15, 0.2) is 0 Å². The molecule has 0 aliphatic heterocycles. The Morgan fingerprint density at radius 3 is 2.35 bits per heavy atom. The monoisotopic (exact) mass is 498 g/mol. The van der Waals surface area contributed by atoms with Gasteiger partial charge in [0.2, 0.25) is 12.8 Å². The number of ether oxygens (including phenoxy) is 1. The molecule has 34 heavy (non-hydrogen) atoms. The fraction of sp³-hybridized carbons (Fsp3) is 0.522. The van der Waals surface area contributed by atoms with Crippen molar-refractivity contribution in [1.82, 2.24) is 10.4 Å². The zero-order chi connectivity index (χ0) is 25.2. The molecule has 1 aromatic rings. The van der Waals surface area contributed by atoms with Gasteiger partial charge in [-0.3, -0.25) is 19.0 Å². The first kappa shape index (κ1) is 29.5. The number of hydroxylamine groups is 2. The van der Waals surface area contributed by atoms with Gasteiger partial charge in [0.1, 0.15) is 12.6 Å². The highest BCUT2D eigenvalue weighted by Crippen LogP contribution is 2.50. The van der Waals surface area contributed by atoms with Crippen LogP contribution in [0.2, 0.25) is 0 Å². The van der Waals surface area contributed by atoms with Crippen LogP contribution in [0.5, 0.6) is 0 Å². The van der Waals surface area contributed by atoms with Gasteiger partial charge in [-0.25, -0.2) is 9.86 Å². The third-order valence-electron chi connectivity index (χ3n) is 4.64. The van der Waals surface area contributed by atoms with Crippen molar-refractivity contribution in [2.75, 3.05) is 33.0 Å². The molecule has 0 aliphatic rings. The van der Waals surface area contributed by atoms with Crippen LogP contribution in [0.4, 0.5) is 0 Å². The van der Waals surface area contributed by atoms with Gasteiger partial charge in [-0.05, 0) is 38.7 Å². The summed E-state index contributed by atoms with van der Waals surface area (Å²) < 4.78 is 28.5. The molecule has 0 heterocycles. The summed E-state index contributed by atoms with van der Waals surface area (Å²) in [5.41, 5.74) is 1.55. The Labute approximate surface area is 201 Å². The van der Waals surface area contributed by atoms with E-state index in [1.165, 1.54) is 18.2 Å². The van der Waals surface area contributed by atoms with Crippen molar-refractivity contribution in [1.29, 1.82) is 0 Å². The lowest BCUT2D eigenvalue weighted by atomic mass is 10.1. The number of nitrogens with zero attached hydrogens (tertiary/aromatic N) is 1. The van der Waals surface area contributed by atoms with Crippen LogP contribution in [0.3, 0.4) is 0 Å². The quantitative estimate of drug-likeness (QED) is 0.0771. The topological polar surface area (TPSA) is 120 Å². The summed E-state index contributed by atoms with van der Waals surface area (Å²) in [4.78, 5) is 39.8. The Morgan fingerprint density at radius 1 is 1.12 bits per heavy atom. The van der Waals surface area contributed by atoms with Gasteiger partial charge >= 0.3 is 13.6 Å². The Hall–Kier alpha value is -2.52. The normalized spacial score (nSPS) is 12.6. The molecule has 1 rings (SSSR count). The van der Waals surface area contributed by atoms with Crippen LogP contribution in [0.1, 0.15) is 38.7 Å². The van der Waals surface area contributed by atoms with Crippen molar-refractivity contribution < 1.29 is 37.6 Å². The van der Waals surface area contributed by atoms with Gasteiger partial charge in [-0.15, -0.1) is 0 Å². The zero-order valence-electron chi connectivity index (χ0n) is 20.0. The second kappa shape index (κ2) is 17.0. The minimum atomic E-state index is -3.44. The Balaban J connectivity index is 2.80. The maximum atomic E-state index is 13.0. The average molecular weight is 499 g/mol. The van der Waals surface area contributed by atoms with Crippen LogP contribution in [-0.2, 0) is 44.2 Å². The highest BCUT2D eigenvalue weighted by molar-refractivity contribution is 7.54. The van der Waals surface area contributed by atoms with Gasteiger partial charge in [0.25, 0.3) is 0 Å². The number of amides is 2. The molecule has 1 aromatic carbocycles. The minimum absolute atomic E-state index is 0.0371. The summed E-state index contributed by atoms with van der Waals surface area (Å²) in [5.74, 6) is -0.659. The van der Waals surface area contributed by atoms with Crippen LogP contribution < -0.4 is 5.32 Å². The molecule has 1 atom stereocenters. The maximum Gasteiger partial charge on any atom is 0.334 e. The fourth-order valence-corrected chi connectivity index (χ4v) is 4.91. The number of allylic oxidation sites excluding steroid dienone is 1. The molecule has 0 saturated heterocycles. The molecule has 0 aliphatic carbocycles. The lowest BCUT2D eigenvalue weighted by Gasteiger charge is -2.21. The first-order valence-electron chi connectivity index (χ1n) is 11.1. The van der Waals surface area contributed by atoms with Crippen molar-refractivity contribution >= 4 is 26.4 Å². The van der Waals surface area contributed by atoms with E-state index in [2.05, 4.69) is 5.32 Å². The molecule has 0 aromatic heterocycles. The largest absolute Gasteiger partial charge is 0.467 e. The van der Waals surface area contributed by atoms with Crippen molar-refractivity contribution in [2.45, 2.75) is 45.8 Å². The second-order valence-electron chi connectivity index (χ2n) is 7.18. The van der Waals surface area contributed by atoms with Gasteiger partial charge < -0.3 is 19.1 Å². The number of benzene rings is 1. The molecule has 1 unspecified atom stereocenters. The van der Waals surface area contributed by atoms with Gasteiger partial charge in [-0.1, -0.05) is 42.0 Å². The van der Waals surface area contributed by atoms with Crippen molar-refractivity contribution in [3.8, 4) is 0 Å². The number of esters is 1. The molecule has 0 fully saturated rings. The molecule has 1 N–H and O–H groups in total. The molecule has 0 radical (unpaired) electrons. The molecule has 2 amide bonds. The first-order valence-corrected chi connectivity index (χ1v) is 12.9. The molecule has 10 nitrogen and oxygen atoms in total. The van der Waals surface area contributed by atoms with Crippen molar-refractivity contribution in [2.24, 2.45) is 0 Å². The molecule has 0 bridgehead atoms. The summed E-state index contributed by atoms with van der Waals surface area (Å²) in [6.45, 7) is 4.45. The van der Waals surface area contributed by atoms with Crippen LogP contribution in [-0.4, -0.2) is 62.9 Å². The summed E-state index contributed by atoms with van der Waals surface area (Å²) >= 11 is 0. The molecular formula is C23H35N2O8P. The fourth-order valence-electron chi connectivity index (χ4n) is 3.11. The van der Waals surface area contributed by atoms with Crippen LogP contribution in [0, 0.1) is 0 Å². The maximum absolute atomic E-state index is 13.0. The van der Waals surface area contributed by atoms with Crippen LogP contribution in [0.25, 0.3) is 0 Å². The van der Waals surface area contributed by atoms with Crippen LogP contribution >= 0.6 is 7.60 Å². The number of rotatable bonds is 19. The number of methoxy groups -OCH3 is 1. The molecule has 0 saturated carbocycles. The molecular weight excluding hydrogens is 463 g/mol. The van der Waals surface area contributed by atoms with E-state index in [0.717, 1.165) is 5.56 Å². The molecule has 11 heteroatoms. The smallest absolute Gasteiger partial charge is 0.334 e. The third kappa shape index (κ3) is 11.6. The van der Waals surface area contributed by atoms with E-state index in [1.807, 2.05) is 30.3 Å². The number of carbonyl (C=O) groups excluding carboxylic acids is 3. The van der Waals surface area contributed by atoms with Crippen molar-refractivity contribution in [3.63, 3.8) is 0 Å². The predicted molar refractivity (Wildman–Crippen MR) is 127 cm³/mol. The number of hydrogen-bond donors (Lipinski definition) is 1. The van der Waals surface area contributed by atoms with E-state index in [9.17, 15) is 18.9 Å². The average Bonchev–Trinajstić information content (AvgIpc) is 2.83. The summed E-state index contributed by atoms with van der Waals surface area (Å²) in [6.07, 6.45) is 4.11. The number of carbonyl (C=O) groups is 3. The minimum Gasteiger partial charge on any atom is -0.467 e. The van der Waals surface area contributed by atoms with E-state index >= 15 is 0 Å². The number of nitrogens with one attached hydrogen (secondary N) is 1. The van der Waals surface area contributed by atoms with E-state index in [0.29, 0.717) is 44.2 Å². The predicted octanol–water partition coefficient (Wildman–Crippen LogP) is 3.23. The molecule has 190 valence electrons. The Morgan fingerprint density at radius 2 is 1.79 bits per heavy atom. The summed E-state index contributed by atoms with van der Waals surface area (Å²) in [5, 5.41) is 3.62. The highest BCUT2D eigenvalue weighted by atomic mass is 31.2. The number of hydrogen-bond acceptors (Lipinski definition) is 8. The summed E-state index contributed by atoms with van der Waals surface area (Å²) in [7, 11) is -2.22. The first-order chi connectivity index (χ1) is 16.4. The van der Waals surface area contributed by atoms with E-state index in [1.54, 1.807) is 13.8 Å². The van der Waals surface area contributed by atoms with Crippen molar-refractivity contribution in [3.05, 3.63) is 47.5 Å². The Bertz CT molecular complexity index is 808. The summed E-state index contributed by atoms with van der Waals surface area (Å²) in [6, 6.07) is 8.46.